The maximum atomic E-state index is 9.08. The van der Waals surface area contributed by atoms with E-state index in [9.17, 15) is 0 Å². The zero-order valence-corrected chi connectivity index (χ0v) is 20.8. The van der Waals surface area contributed by atoms with Crippen molar-refractivity contribution in [2.24, 2.45) is 0 Å². The lowest BCUT2D eigenvalue weighted by molar-refractivity contribution is 1.44. The van der Waals surface area contributed by atoms with Gasteiger partial charge in [0.2, 0.25) is 0 Å². The molecule has 0 aliphatic heterocycles. The number of benzene rings is 5. The van der Waals surface area contributed by atoms with Crippen LogP contribution in [0.5, 0.6) is 0 Å². The van der Waals surface area contributed by atoms with Crippen LogP contribution in [0.3, 0.4) is 0 Å². The Hall–Kier alpha value is -4.45. The van der Waals surface area contributed by atoms with E-state index in [4.69, 9.17) is 5.26 Å². The first-order chi connectivity index (χ1) is 17.6. The Kier molecular flexibility index (Phi) is 5.49. The second-order valence-corrected chi connectivity index (χ2v) is 10.1. The van der Waals surface area contributed by atoms with Crippen LogP contribution < -0.4 is 0 Å². The molecule has 0 N–H and O–H groups in total. The number of fused-ring (bicyclic) bond motifs is 5. The molecule has 0 fully saturated rings. The molecule has 6 aromatic rings. The summed E-state index contributed by atoms with van der Waals surface area (Å²) in [4.78, 5) is 0. The fourth-order valence-corrected chi connectivity index (χ4v) is 6.13. The predicted octanol–water partition coefficient (Wildman–Crippen LogP) is 10.0. The Morgan fingerprint density at radius 1 is 0.722 bits per heavy atom. The summed E-state index contributed by atoms with van der Waals surface area (Å²) < 4.78 is 2.60. The molecule has 0 aliphatic rings. The van der Waals surface area contributed by atoms with Crippen molar-refractivity contribution in [1.29, 1.82) is 5.26 Å². The lowest BCUT2D eigenvalue weighted by Crippen LogP contribution is -1.85. The zero-order valence-electron chi connectivity index (χ0n) is 20.0. The molecule has 2 heteroatoms. The van der Waals surface area contributed by atoms with Gasteiger partial charge in [0.05, 0.1) is 6.07 Å². The topological polar surface area (TPSA) is 23.8 Å². The summed E-state index contributed by atoms with van der Waals surface area (Å²) in [6.07, 6.45) is 1.83. The number of thiophene rings is 1. The molecule has 1 nitrogen and oxygen atoms in total. The van der Waals surface area contributed by atoms with Gasteiger partial charge in [-0.05, 0) is 69.3 Å². The van der Waals surface area contributed by atoms with Gasteiger partial charge in [-0.15, -0.1) is 11.3 Å². The highest BCUT2D eigenvalue weighted by Crippen LogP contribution is 2.43. The van der Waals surface area contributed by atoms with Crippen LogP contribution in [-0.2, 0) is 0 Å². The van der Waals surface area contributed by atoms with Crippen LogP contribution in [0.15, 0.2) is 121 Å². The van der Waals surface area contributed by atoms with E-state index in [2.05, 4.69) is 116 Å². The van der Waals surface area contributed by atoms with Crippen molar-refractivity contribution in [1.82, 2.24) is 0 Å². The van der Waals surface area contributed by atoms with E-state index in [0.29, 0.717) is 5.57 Å². The third-order valence-corrected chi connectivity index (χ3v) is 7.82. The second kappa shape index (κ2) is 8.96. The minimum Gasteiger partial charge on any atom is -0.193 e. The van der Waals surface area contributed by atoms with Gasteiger partial charge in [-0.2, -0.15) is 5.26 Å². The Labute approximate surface area is 214 Å². The molecule has 0 amide bonds. The van der Waals surface area contributed by atoms with Crippen molar-refractivity contribution in [3.63, 3.8) is 0 Å². The van der Waals surface area contributed by atoms with Crippen molar-refractivity contribution >= 4 is 47.9 Å². The number of nitrogens with zero attached hydrogens (tertiary/aromatic N) is 1. The summed E-state index contributed by atoms with van der Waals surface area (Å²) in [5.74, 6) is 0. The molecule has 0 bridgehead atoms. The van der Waals surface area contributed by atoms with Crippen molar-refractivity contribution in [3.8, 4) is 28.3 Å². The van der Waals surface area contributed by atoms with E-state index in [1.807, 2.05) is 17.4 Å². The van der Waals surface area contributed by atoms with Crippen molar-refractivity contribution in [2.75, 3.05) is 0 Å². The molecule has 0 saturated carbocycles. The fraction of sp³-hybridized carbons (Fsp3) is 0.0294. The number of allylic oxidation sites excluding steroid dienone is 3. The SMILES string of the molecule is C=C(/C=C(\C)C#N)c1ccc(-c2cc3sc4cc(-c5ccccc5)ccc4c3c3ccccc23)cc1. The first-order valence-electron chi connectivity index (χ1n) is 11.9. The van der Waals surface area contributed by atoms with Crippen LogP contribution >= 0.6 is 11.3 Å². The molecular weight excluding hydrogens is 454 g/mol. The molecule has 6 rings (SSSR count). The first-order valence-corrected chi connectivity index (χ1v) is 12.8. The Morgan fingerprint density at radius 3 is 2.17 bits per heavy atom. The molecule has 0 aliphatic carbocycles. The average molecular weight is 478 g/mol. The third kappa shape index (κ3) is 3.81. The summed E-state index contributed by atoms with van der Waals surface area (Å²) in [6.45, 7) is 5.93. The van der Waals surface area contributed by atoms with Gasteiger partial charge in [-0.3, -0.25) is 0 Å². The molecule has 0 spiro atoms. The van der Waals surface area contributed by atoms with Gasteiger partial charge in [0.1, 0.15) is 0 Å². The molecule has 170 valence electrons. The number of hydrogen-bond acceptors (Lipinski definition) is 2. The second-order valence-electron chi connectivity index (χ2n) is 9.06. The van der Waals surface area contributed by atoms with Crippen molar-refractivity contribution in [3.05, 3.63) is 127 Å². The molecule has 36 heavy (non-hydrogen) atoms. The summed E-state index contributed by atoms with van der Waals surface area (Å²) in [5, 5.41) is 14.3. The predicted molar refractivity (Wildman–Crippen MR) is 156 cm³/mol. The number of hydrogen-bond donors (Lipinski definition) is 0. The summed E-state index contributed by atoms with van der Waals surface area (Å²) >= 11 is 1.86. The highest BCUT2D eigenvalue weighted by atomic mass is 32.1. The quantitative estimate of drug-likeness (QED) is 0.183. The Morgan fingerprint density at radius 2 is 1.42 bits per heavy atom. The van der Waals surface area contributed by atoms with Crippen molar-refractivity contribution < 1.29 is 0 Å². The first kappa shape index (κ1) is 22.0. The smallest absolute Gasteiger partial charge is 0.0944 e. The highest BCUT2D eigenvalue weighted by Gasteiger charge is 2.14. The van der Waals surface area contributed by atoms with E-state index in [1.54, 1.807) is 6.92 Å². The number of rotatable bonds is 4. The molecule has 0 saturated heterocycles. The van der Waals surface area contributed by atoms with Gasteiger partial charge in [0.15, 0.2) is 0 Å². The molecule has 5 aromatic carbocycles. The summed E-state index contributed by atoms with van der Waals surface area (Å²) in [5.41, 5.74) is 7.41. The number of nitriles is 1. The van der Waals surface area contributed by atoms with E-state index in [-0.39, 0.29) is 0 Å². The largest absolute Gasteiger partial charge is 0.193 e. The summed E-state index contributed by atoms with van der Waals surface area (Å²) in [6, 6.07) is 39.1. The third-order valence-electron chi connectivity index (χ3n) is 6.72. The minimum absolute atomic E-state index is 0.653. The van der Waals surface area contributed by atoms with Crippen molar-refractivity contribution in [2.45, 2.75) is 6.92 Å². The van der Waals surface area contributed by atoms with Crippen LogP contribution in [0.4, 0.5) is 0 Å². The minimum atomic E-state index is 0.653. The van der Waals surface area contributed by atoms with E-state index in [1.165, 1.54) is 53.2 Å². The molecule has 0 atom stereocenters. The van der Waals surface area contributed by atoms with Crippen LogP contribution in [-0.4, -0.2) is 0 Å². The van der Waals surface area contributed by atoms with Crippen LogP contribution in [0.25, 0.3) is 58.8 Å². The fourth-order valence-electron chi connectivity index (χ4n) is 4.93. The van der Waals surface area contributed by atoms with Gasteiger partial charge in [0.25, 0.3) is 0 Å². The highest BCUT2D eigenvalue weighted by molar-refractivity contribution is 7.26. The average Bonchev–Trinajstić information content (AvgIpc) is 3.31. The van der Waals surface area contributed by atoms with Gasteiger partial charge >= 0.3 is 0 Å². The zero-order chi connectivity index (χ0) is 24.6. The normalized spacial score (nSPS) is 11.7. The van der Waals surface area contributed by atoms with Crippen LogP contribution in [0.1, 0.15) is 12.5 Å². The van der Waals surface area contributed by atoms with E-state index < -0.39 is 0 Å². The lowest BCUT2D eigenvalue weighted by Gasteiger charge is -2.10. The maximum Gasteiger partial charge on any atom is 0.0944 e. The Bertz CT molecular complexity index is 1850. The van der Waals surface area contributed by atoms with E-state index in [0.717, 1.165) is 11.1 Å². The van der Waals surface area contributed by atoms with Gasteiger partial charge in [-0.25, -0.2) is 0 Å². The monoisotopic (exact) mass is 477 g/mol. The molecule has 0 unspecified atom stereocenters. The van der Waals surface area contributed by atoms with E-state index >= 15 is 0 Å². The molecular formula is C34H23NS. The van der Waals surface area contributed by atoms with Crippen LogP contribution in [0, 0.1) is 11.3 Å². The lowest BCUT2D eigenvalue weighted by atomic mass is 9.93. The summed E-state index contributed by atoms with van der Waals surface area (Å²) in [7, 11) is 0. The maximum absolute atomic E-state index is 9.08. The molecule has 1 aromatic heterocycles. The van der Waals surface area contributed by atoms with Gasteiger partial charge < -0.3 is 0 Å². The van der Waals surface area contributed by atoms with Crippen LogP contribution in [0.2, 0.25) is 0 Å². The standard InChI is InChI=1S/C34H23NS/c1-22(21-35)18-23(2)24-12-14-26(15-13-24)31-20-33-34(29-11-7-6-10-28(29)31)30-17-16-27(19-32(30)36-33)25-8-4-3-5-9-25/h3-20H,2H2,1H3/b22-18+. The Balaban J connectivity index is 1.51. The van der Waals surface area contributed by atoms with Gasteiger partial charge in [0, 0.05) is 25.7 Å². The molecule has 0 radical (unpaired) electrons. The molecule has 1 heterocycles. The van der Waals surface area contributed by atoms with Gasteiger partial charge in [-0.1, -0.05) is 97.6 Å².